The van der Waals surface area contributed by atoms with Gasteiger partial charge in [0.15, 0.2) is 0 Å². The van der Waals surface area contributed by atoms with Crippen molar-refractivity contribution in [2.24, 2.45) is 5.92 Å². The van der Waals surface area contributed by atoms with Crippen LogP contribution in [0.4, 0.5) is 4.39 Å². The molecule has 1 aromatic rings. The van der Waals surface area contributed by atoms with Crippen molar-refractivity contribution in [1.82, 2.24) is 0 Å². The van der Waals surface area contributed by atoms with E-state index < -0.39 is 6.10 Å². The summed E-state index contributed by atoms with van der Waals surface area (Å²) in [5, 5.41) is 10.0. The first-order valence-electron chi connectivity index (χ1n) is 5.18. The second-order valence-corrected chi connectivity index (χ2v) is 4.04. The Hall–Kier alpha value is -0.930. The summed E-state index contributed by atoms with van der Waals surface area (Å²) < 4.78 is 18.2. The van der Waals surface area contributed by atoms with Crippen LogP contribution in [0.1, 0.15) is 24.5 Å². The normalized spacial score (nSPS) is 19.9. The zero-order valence-electron chi connectivity index (χ0n) is 8.69. The number of rotatable bonds is 4. The van der Waals surface area contributed by atoms with E-state index in [1.807, 2.05) is 0 Å². The van der Waals surface area contributed by atoms with Gasteiger partial charge in [-0.3, -0.25) is 0 Å². The Morgan fingerprint density at radius 3 is 2.73 bits per heavy atom. The van der Waals surface area contributed by atoms with Crippen LogP contribution in [0.15, 0.2) is 24.3 Å². The van der Waals surface area contributed by atoms with Gasteiger partial charge >= 0.3 is 0 Å². The maximum atomic E-state index is 13.0. The number of hydrogen-bond donors (Lipinski definition) is 1. The molecule has 0 radical (unpaired) electrons. The predicted octanol–water partition coefficient (Wildman–Crippen LogP) is 2.28. The molecule has 0 heterocycles. The summed E-state index contributed by atoms with van der Waals surface area (Å²) in [6.07, 6.45) is 1.25. The molecule has 2 nitrogen and oxygen atoms in total. The van der Waals surface area contributed by atoms with Crippen LogP contribution in [0, 0.1) is 11.7 Å². The van der Waals surface area contributed by atoms with Gasteiger partial charge in [0.1, 0.15) is 11.9 Å². The third-order valence-electron chi connectivity index (χ3n) is 2.86. The van der Waals surface area contributed by atoms with Gasteiger partial charge in [-0.05, 0) is 36.5 Å². The van der Waals surface area contributed by atoms with Crippen molar-refractivity contribution in [2.45, 2.75) is 25.0 Å². The maximum Gasteiger partial charge on any atom is 0.123 e. The van der Waals surface area contributed by atoms with Crippen LogP contribution in [0.3, 0.4) is 0 Å². The Labute approximate surface area is 88.7 Å². The zero-order chi connectivity index (χ0) is 10.8. The molecule has 1 aliphatic rings. The lowest BCUT2D eigenvalue weighted by Gasteiger charge is -2.21. The molecular weight excluding hydrogens is 195 g/mol. The number of aliphatic hydroxyl groups is 1. The maximum absolute atomic E-state index is 13.0. The highest BCUT2D eigenvalue weighted by molar-refractivity contribution is 5.20. The molecular formula is C12H15FO2. The van der Waals surface area contributed by atoms with E-state index in [9.17, 15) is 9.50 Å². The Morgan fingerprint density at radius 2 is 2.20 bits per heavy atom. The third kappa shape index (κ3) is 2.36. The van der Waals surface area contributed by atoms with Crippen LogP contribution in [0.25, 0.3) is 0 Å². The van der Waals surface area contributed by atoms with E-state index in [1.165, 1.54) is 12.1 Å². The standard InChI is InChI=1S/C12H15FO2/c1-15-12(8-5-6-8)11(14)9-3-2-4-10(13)7-9/h2-4,7-8,11-12,14H,5-6H2,1H3. The fourth-order valence-corrected chi connectivity index (χ4v) is 1.88. The lowest BCUT2D eigenvalue weighted by atomic mass is 10.0. The lowest BCUT2D eigenvalue weighted by molar-refractivity contribution is -0.0260. The van der Waals surface area contributed by atoms with Crippen LogP contribution in [0.2, 0.25) is 0 Å². The molecule has 2 atom stereocenters. The van der Waals surface area contributed by atoms with Gasteiger partial charge in [0, 0.05) is 7.11 Å². The van der Waals surface area contributed by atoms with Crippen LogP contribution >= 0.6 is 0 Å². The molecule has 15 heavy (non-hydrogen) atoms. The first-order valence-corrected chi connectivity index (χ1v) is 5.18. The number of halogens is 1. The van der Waals surface area contributed by atoms with Crippen molar-refractivity contribution < 1.29 is 14.2 Å². The van der Waals surface area contributed by atoms with Crippen LogP contribution in [-0.4, -0.2) is 18.3 Å². The molecule has 0 bridgehead atoms. The van der Waals surface area contributed by atoms with Crippen molar-refractivity contribution >= 4 is 0 Å². The smallest absolute Gasteiger partial charge is 0.123 e. The molecule has 1 aliphatic carbocycles. The lowest BCUT2D eigenvalue weighted by Crippen LogP contribution is -2.23. The molecule has 0 aromatic heterocycles. The summed E-state index contributed by atoms with van der Waals surface area (Å²) in [6, 6.07) is 6.06. The fraction of sp³-hybridized carbons (Fsp3) is 0.500. The van der Waals surface area contributed by atoms with E-state index in [4.69, 9.17) is 4.74 Å². The number of aliphatic hydroxyl groups excluding tert-OH is 1. The highest BCUT2D eigenvalue weighted by Crippen LogP contribution is 2.39. The van der Waals surface area contributed by atoms with Gasteiger partial charge in [0.05, 0.1) is 6.10 Å². The van der Waals surface area contributed by atoms with Gasteiger partial charge < -0.3 is 9.84 Å². The number of benzene rings is 1. The van der Waals surface area contributed by atoms with E-state index in [2.05, 4.69) is 0 Å². The summed E-state index contributed by atoms with van der Waals surface area (Å²) in [7, 11) is 1.59. The Morgan fingerprint density at radius 1 is 1.47 bits per heavy atom. The predicted molar refractivity (Wildman–Crippen MR) is 54.9 cm³/mol. The van der Waals surface area contributed by atoms with Crippen LogP contribution < -0.4 is 0 Å². The summed E-state index contributed by atoms with van der Waals surface area (Å²) in [5.74, 6) is 0.102. The molecule has 1 aromatic carbocycles. The monoisotopic (exact) mass is 210 g/mol. The van der Waals surface area contributed by atoms with Gasteiger partial charge in [0.25, 0.3) is 0 Å². The SMILES string of the molecule is COC(C1CC1)C(O)c1cccc(F)c1. The highest BCUT2D eigenvalue weighted by Gasteiger charge is 2.36. The first kappa shape index (κ1) is 10.6. The van der Waals surface area contributed by atoms with E-state index >= 15 is 0 Å². The van der Waals surface area contributed by atoms with Gasteiger partial charge in [-0.2, -0.15) is 0 Å². The minimum atomic E-state index is -0.724. The van der Waals surface area contributed by atoms with E-state index in [1.54, 1.807) is 19.2 Å². The van der Waals surface area contributed by atoms with Crippen LogP contribution in [0.5, 0.6) is 0 Å². The number of methoxy groups -OCH3 is 1. The van der Waals surface area contributed by atoms with Gasteiger partial charge in [-0.25, -0.2) is 4.39 Å². The minimum absolute atomic E-state index is 0.202. The Bertz CT molecular complexity index is 336. The molecule has 0 saturated heterocycles. The summed E-state index contributed by atoms with van der Waals surface area (Å²) in [5.41, 5.74) is 0.591. The molecule has 1 saturated carbocycles. The summed E-state index contributed by atoms with van der Waals surface area (Å²) >= 11 is 0. The second-order valence-electron chi connectivity index (χ2n) is 4.04. The topological polar surface area (TPSA) is 29.5 Å². The summed E-state index contributed by atoms with van der Waals surface area (Å²) in [6.45, 7) is 0. The quantitative estimate of drug-likeness (QED) is 0.826. The first-order chi connectivity index (χ1) is 7.22. The van der Waals surface area contributed by atoms with Gasteiger partial charge in [0.2, 0.25) is 0 Å². The summed E-state index contributed by atoms with van der Waals surface area (Å²) in [4.78, 5) is 0. The third-order valence-corrected chi connectivity index (χ3v) is 2.86. The number of ether oxygens (including phenoxy) is 1. The average molecular weight is 210 g/mol. The molecule has 3 heteroatoms. The highest BCUT2D eigenvalue weighted by atomic mass is 19.1. The minimum Gasteiger partial charge on any atom is -0.386 e. The molecule has 1 N–H and O–H groups in total. The van der Waals surface area contributed by atoms with Gasteiger partial charge in [-0.15, -0.1) is 0 Å². The van der Waals surface area contributed by atoms with E-state index in [0.717, 1.165) is 12.8 Å². The van der Waals surface area contributed by atoms with Crippen molar-refractivity contribution in [3.63, 3.8) is 0 Å². The largest absolute Gasteiger partial charge is 0.386 e. The molecule has 0 aliphatic heterocycles. The van der Waals surface area contributed by atoms with Crippen molar-refractivity contribution in [1.29, 1.82) is 0 Å². The number of hydrogen-bond acceptors (Lipinski definition) is 2. The molecule has 0 spiro atoms. The van der Waals surface area contributed by atoms with Gasteiger partial charge in [-0.1, -0.05) is 12.1 Å². The Balaban J connectivity index is 2.14. The molecule has 2 unspecified atom stereocenters. The van der Waals surface area contributed by atoms with Crippen LogP contribution in [-0.2, 0) is 4.74 Å². The molecule has 2 rings (SSSR count). The second kappa shape index (κ2) is 4.29. The van der Waals surface area contributed by atoms with Crippen molar-refractivity contribution in [2.75, 3.05) is 7.11 Å². The van der Waals surface area contributed by atoms with E-state index in [-0.39, 0.29) is 11.9 Å². The van der Waals surface area contributed by atoms with Crippen molar-refractivity contribution in [3.05, 3.63) is 35.6 Å². The molecule has 1 fully saturated rings. The van der Waals surface area contributed by atoms with Crippen molar-refractivity contribution in [3.8, 4) is 0 Å². The molecule has 82 valence electrons. The fourth-order valence-electron chi connectivity index (χ4n) is 1.88. The molecule has 0 amide bonds. The zero-order valence-corrected chi connectivity index (χ0v) is 8.69. The Kier molecular flexibility index (Phi) is 3.03. The average Bonchev–Trinajstić information content (AvgIpc) is 3.03. The van der Waals surface area contributed by atoms with E-state index in [0.29, 0.717) is 11.5 Å².